The Morgan fingerprint density at radius 3 is 2.50 bits per heavy atom. The molecule has 3 heterocycles. The van der Waals surface area contributed by atoms with Crippen LogP contribution in [0.1, 0.15) is 5.56 Å². The number of likely N-dealkylation sites (N-methyl/N-ethyl adjacent to an activating group) is 1. The fourth-order valence-electron chi connectivity index (χ4n) is 4.76. The molecule has 0 radical (unpaired) electrons. The van der Waals surface area contributed by atoms with Crippen molar-refractivity contribution in [3.05, 3.63) is 72.9 Å². The second-order valence-corrected chi connectivity index (χ2v) is 9.17. The highest BCUT2D eigenvalue weighted by atomic mass is 16.5. The number of nitrogens with zero attached hydrogens (tertiary/aromatic N) is 3. The van der Waals surface area contributed by atoms with Crippen LogP contribution in [0.4, 0.5) is 11.4 Å². The van der Waals surface area contributed by atoms with E-state index in [-0.39, 0.29) is 5.91 Å². The van der Waals surface area contributed by atoms with Gasteiger partial charge < -0.3 is 24.8 Å². The van der Waals surface area contributed by atoms with Crippen molar-refractivity contribution in [3.8, 4) is 28.1 Å². The maximum atomic E-state index is 12.0. The number of nitrogens with one attached hydrogen (secondary N) is 2. The van der Waals surface area contributed by atoms with Gasteiger partial charge in [0.15, 0.2) is 0 Å². The van der Waals surface area contributed by atoms with Crippen molar-refractivity contribution in [2.75, 3.05) is 50.6 Å². The van der Waals surface area contributed by atoms with E-state index in [4.69, 9.17) is 4.74 Å². The molecule has 1 amide bonds. The van der Waals surface area contributed by atoms with Crippen molar-refractivity contribution in [2.45, 2.75) is 6.92 Å². The minimum Gasteiger partial charge on any atom is -0.496 e. The monoisotopic (exact) mass is 481 g/mol. The van der Waals surface area contributed by atoms with Gasteiger partial charge in [-0.3, -0.25) is 4.79 Å². The molecule has 0 unspecified atom stereocenters. The number of ether oxygens (including phenoxy) is 1. The normalized spacial score (nSPS) is 14.1. The van der Waals surface area contributed by atoms with Crippen LogP contribution in [0.5, 0.6) is 5.75 Å². The van der Waals surface area contributed by atoms with Gasteiger partial charge in [0, 0.05) is 49.3 Å². The number of hydrogen-bond acceptors (Lipinski definition) is 5. The molecule has 7 heteroatoms. The molecular formula is C29H31N5O2. The Hall–Kier alpha value is -4.10. The number of carbonyl (C=O) groups is 1. The molecule has 1 fully saturated rings. The van der Waals surface area contributed by atoms with Crippen LogP contribution in [-0.2, 0) is 4.79 Å². The number of H-pyrrole nitrogens is 1. The largest absolute Gasteiger partial charge is 0.496 e. The summed E-state index contributed by atoms with van der Waals surface area (Å²) in [5.41, 5.74) is 7.64. The van der Waals surface area contributed by atoms with Crippen molar-refractivity contribution in [1.29, 1.82) is 0 Å². The number of pyridine rings is 1. The minimum absolute atomic E-state index is 0.242. The minimum atomic E-state index is -0.242. The van der Waals surface area contributed by atoms with Gasteiger partial charge in [0.05, 0.1) is 18.2 Å². The number of rotatable bonds is 6. The van der Waals surface area contributed by atoms with E-state index in [1.165, 1.54) is 11.8 Å². The van der Waals surface area contributed by atoms with Gasteiger partial charge in [0.2, 0.25) is 5.91 Å². The first-order valence-corrected chi connectivity index (χ1v) is 12.1. The van der Waals surface area contributed by atoms with Crippen LogP contribution in [0.15, 0.2) is 67.4 Å². The number of carbonyl (C=O) groups excluding carboxylic acids is 1. The maximum absolute atomic E-state index is 12.0. The van der Waals surface area contributed by atoms with Crippen molar-refractivity contribution in [2.24, 2.45) is 0 Å². The number of aromatic nitrogens is 2. The zero-order valence-electron chi connectivity index (χ0n) is 21.0. The van der Waals surface area contributed by atoms with E-state index in [0.717, 1.165) is 76.6 Å². The number of fused-ring (bicyclic) bond motifs is 1. The summed E-state index contributed by atoms with van der Waals surface area (Å²) in [4.78, 5) is 24.9. The highest BCUT2D eigenvalue weighted by Gasteiger charge is 2.21. The number of hydrogen-bond donors (Lipinski definition) is 2. The first-order chi connectivity index (χ1) is 17.5. The van der Waals surface area contributed by atoms with E-state index in [1.54, 1.807) is 13.3 Å². The molecule has 2 N–H and O–H groups in total. The molecular weight excluding hydrogens is 450 g/mol. The van der Waals surface area contributed by atoms with Gasteiger partial charge >= 0.3 is 0 Å². The number of benzene rings is 2. The molecule has 5 rings (SSSR count). The zero-order valence-corrected chi connectivity index (χ0v) is 21.0. The Labute approximate surface area is 211 Å². The van der Waals surface area contributed by atoms with Crippen LogP contribution in [0.2, 0.25) is 0 Å². The lowest BCUT2D eigenvalue weighted by atomic mass is 9.96. The number of aryl methyl sites for hydroxylation is 1. The van der Waals surface area contributed by atoms with E-state index in [0.29, 0.717) is 0 Å². The molecule has 0 bridgehead atoms. The standard InChI is InChI=1S/C29H31N5O2/c1-5-25(35)31-23-18-21(7-6-19(23)2)26-27-24(36-4)12-13-30-29(27)32-28(26)20-8-10-22(11-9-20)34-16-14-33(3)15-17-34/h5-13,18H,1,14-17H2,2-4H3,(H,30,32)(H,31,35). The smallest absolute Gasteiger partial charge is 0.247 e. The summed E-state index contributed by atoms with van der Waals surface area (Å²) < 4.78 is 5.73. The topological polar surface area (TPSA) is 73.5 Å². The Morgan fingerprint density at radius 1 is 1.08 bits per heavy atom. The van der Waals surface area contributed by atoms with Crippen LogP contribution in [0.3, 0.4) is 0 Å². The Balaban J connectivity index is 1.62. The van der Waals surface area contributed by atoms with Crippen molar-refractivity contribution >= 4 is 28.3 Å². The molecule has 36 heavy (non-hydrogen) atoms. The average Bonchev–Trinajstić information content (AvgIpc) is 3.30. The highest BCUT2D eigenvalue weighted by Crippen LogP contribution is 2.43. The van der Waals surface area contributed by atoms with Gasteiger partial charge in [-0.1, -0.05) is 30.8 Å². The lowest BCUT2D eigenvalue weighted by Crippen LogP contribution is -2.44. The molecule has 7 nitrogen and oxygen atoms in total. The number of aromatic amines is 1. The van der Waals surface area contributed by atoms with Gasteiger partial charge in [0.1, 0.15) is 11.4 Å². The van der Waals surface area contributed by atoms with Crippen LogP contribution >= 0.6 is 0 Å². The predicted molar refractivity (Wildman–Crippen MR) is 147 cm³/mol. The van der Waals surface area contributed by atoms with Crippen molar-refractivity contribution in [1.82, 2.24) is 14.9 Å². The number of methoxy groups -OCH3 is 1. The molecule has 2 aromatic carbocycles. The van der Waals surface area contributed by atoms with Crippen LogP contribution < -0.4 is 15.0 Å². The van der Waals surface area contributed by atoms with Crippen molar-refractivity contribution in [3.63, 3.8) is 0 Å². The number of amides is 1. The fourth-order valence-corrected chi connectivity index (χ4v) is 4.76. The molecule has 1 saturated heterocycles. The lowest BCUT2D eigenvalue weighted by Gasteiger charge is -2.34. The number of piperazine rings is 1. The third-order valence-electron chi connectivity index (χ3n) is 6.87. The van der Waals surface area contributed by atoms with E-state index < -0.39 is 0 Å². The summed E-state index contributed by atoms with van der Waals surface area (Å²) in [5, 5.41) is 3.83. The Morgan fingerprint density at radius 2 is 1.81 bits per heavy atom. The van der Waals surface area contributed by atoms with Crippen molar-refractivity contribution < 1.29 is 9.53 Å². The molecule has 0 saturated carbocycles. The summed E-state index contributed by atoms with van der Waals surface area (Å²) in [6.07, 6.45) is 3.02. The second-order valence-electron chi connectivity index (χ2n) is 9.17. The molecule has 0 aliphatic carbocycles. The molecule has 4 aromatic rings. The summed E-state index contributed by atoms with van der Waals surface area (Å²) in [6.45, 7) is 9.73. The molecule has 0 spiro atoms. The van der Waals surface area contributed by atoms with Crippen LogP contribution in [0.25, 0.3) is 33.4 Å². The maximum Gasteiger partial charge on any atom is 0.247 e. The molecule has 1 aliphatic rings. The summed E-state index contributed by atoms with van der Waals surface area (Å²) in [5.74, 6) is 0.497. The average molecular weight is 482 g/mol. The third-order valence-corrected chi connectivity index (χ3v) is 6.87. The van der Waals surface area contributed by atoms with E-state index in [2.05, 4.69) is 69.0 Å². The Kier molecular flexibility index (Phi) is 6.48. The molecule has 2 aromatic heterocycles. The quantitative estimate of drug-likeness (QED) is 0.375. The molecule has 184 valence electrons. The van der Waals surface area contributed by atoms with E-state index in [1.807, 2.05) is 25.1 Å². The van der Waals surface area contributed by atoms with Gasteiger partial charge in [0.25, 0.3) is 0 Å². The second kappa shape index (κ2) is 9.87. The zero-order chi connectivity index (χ0) is 25.2. The Bertz CT molecular complexity index is 1420. The highest BCUT2D eigenvalue weighted by molar-refractivity contribution is 6.07. The predicted octanol–water partition coefficient (Wildman–Crippen LogP) is 5.09. The first kappa shape index (κ1) is 23.6. The van der Waals surface area contributed by atoms with Crippen LogP contribution in [-0.4, -0.2) is 61.1 Å². The third kappa shape index (κ3) is 4.45. The van der Waals surface area contributed by atoms with Crippen LogP contribution in [0, 0.1) is 6.92 Å². The van der Waals surface area contributed by atoms with Gasteiger partial charge in [-0.2, -0.15) is 0 Å². The van der Waals surface area contributed by atoms with Gasteiger partial charge in [-0.05, 0) is 61.0 Å². The van der Waals surface area contributed by atoms with E-state index in [9.17, 15) is 4.79 Å². The molecule has 0 atom stereocenters. The summed E-state index contributed by atoms with van der Waals surface area (Å²) in [6, 6.07) is 16.6. The number of anilines is 2. The SMILES string of the molecule is C=CC(=O)Nc1cc(-c2c(-c3ccc(N4CCN(C)CC4)cc3)[nH]c3nccc(OC)c23)ccc1C. The first-order valence-electron chi connectivity index (χ1n) is 12.1. The van der Waals surface area contributed by atoms with E-state index >= 15 is 0 Å². The fraction of sp³-hybridized carbons (Fsp3) is 0.241. The summed E-state index contributed by atoms with van der Waals surface area (Å²) in [7, 11) is 3.83. The molecule has 1 aliphatic heterocycles. The lowest BCUT2D eigenvalue weighted by molar-refractivity contribution is -0.111. The van der Waals surface area contributed by atoms with Gasteiger partial charge in [-0.25, -0.2) is 4.98 Å². The summed E-state index contributed by atoms with van der Waals surface area (Å²) >= 11 is 0. The van der Waals surface area contributed by atoms with Gasteiger partial charge in [-0.15, -0.1) is 0 Å².